The Hall–Kier alpha value is -0.810. The molecule has 0 aromatic carbocycles. The first-order chi connectivity index (χ1) is 12.0. The van der Waals surface area contributed by atoms with Crippen LogP contribution in [0.15, 0.2) is 4.99 Å². The van der Waals surface area contributed by atoms with E-state index in [0.717, 1.165) is 37.6 Å². The molecule has 0 aromatic rings. The third-order valence-corrected chi connectivity index (χ3v) is 5.99. The van der Waals surface area contributed by atoms with Crippen LogP contribution in [0.5, 0.6) is 0 Å². The standard InChI is InChI=1S/C20H38N4O/c1-20(2,3)18-16(6-5-11-25-18)13-23-19(21-4)22-12-15-9-10-24(14-15)17-7-8-17/h15-18H,5-14H2,1-4H3,(H2,21,22,23). The molecule has 2 saturated heterocycles. The molecule has 5 heteroatoms. The van der Waals surface area contributed by atoms with Gasteiger partial charge in [-0.05, 0) is 50.0 Å². The summed E-state index contributed by atoms with van der Waals surface area (Å²) in [5.74, 6) is 2.27. The highest BCUT2D eigenvalue weighted by Gasteiger charge is 2.36. The highest BCUT2D eigenvalue weighted by atomic mass is 16.5. The summed E-state index contributed by atoms with van der Waals surface area (Å²) in [5.41, 5.74) is 0.194. The van der Waals surface area contributed by atoms with Crippen LogP contribution in [0.2, 0.25) is 0 Å². The molecule has 0 bridgehead atoms. The second-order valence-electron chi connectivity index (χ2n) is 9.27. The molecule has 0 radical (unpaired) electrons. The Kier molecular flexibility index (Phi) is 6.26. The number of hydrogen-bond acceptors (Lipinski definition) is 3. The number of guanidine groups is 1. The van der Waals surface area contributed by atoms with Gasteiger partial charge in [0, 0.05) is 45.2 Å². The van der Waals surface area contributed by atoms with Crippen LogP contribution < -0.4 is 10.6 Å². The predicted octanol–water partition coefficient (Wildman–Crippen LogP) is 2.48. The van der Waals surface area contributed by atoms with Gasteiger partial charge in [0.25, 0.3) is 0 Å². The summed E-state index contributed by atoms with van der Waals surface area (Å²) >= 11 is 0. The van der Waals surface area contributed by atoms with Gasteiger partial charge < -0.3 is 20.3 Å². The average Bonchev–Trinajstić information content (AvgIpc) is 3.33. The van der Waals surface area contributed by atoms with Crippen molar-refractivity contribution >= 4 is 5.96 Å². The van der Waals surface area contributed by atoms with Crippen LogP contribution in [-0.2, 0) is 4.74 Å². The molecular formula is C20H38N4O. The van der Waals surface area contributed by atoms with Crippen LogP contribution in [0, 0.1) is 17.3 Å². The molecule has 3 fully saturated rings. The van der Waals surface area contributed by atoms with Crippen molar-refractivity contribution in [3.8, 4) is 0 Å². The topological polar surface area (TPSA) is 48.9 Å². The van der Waals surface area contributed by atoms with Gasteiger partial charge in [-0.3, -0.25) is 4.99 Å². The van der Waals surface area contributed by atoms with Gasteiger partial charge in [-0.2, -0.15) is 0 Å². The zero-order valence-corrected chi connectivity index (χ0v) is 16.7. The van der Waals surface area contributed by atoms with Crippen molar-refractivity contribution in [2.45, 2.75) is 65.0 Å². The van der Waals surface area contributed by atoms with Gasteiger partial charge in [-0.15, -0.1) is 0 Å². The smallest absolute Gasteiger partial charge is 0.190 e. The molecule has 2 N–H and O–H groups in total. The molecule has 1 saturated carbocycles. The van der Waals surface area contributed by atoms with Crippen molar-refractivity contribution in [3.05, 3.63) is 0 Å². The number of aliphatic imine (C=N–C) groups is 1. The maximum Gasteiger partial charge on any atom is 0.190 e. The van der Waals surface area contributed by atoms with Crippen LogP contribution in [0.25, 0.3) is 0 Å². The summed E-state index contributed by atoms with van der Waals surface area (Å²) in [6.07, 6.45) is 6.90. The quantitative estimate of drug-likeness (QED) is 0.591. The molecular weight excluding hydrogens is 312 g/mol. The number of likely N-dealkylation sites (tertiary alicyclic amines) is 1. The molecule has 5 nitrogen and oxygen atoms in total. The van der Waals surface area contributed by atoms with Gasteiger partial charge in [0.1, 0.15) is 0 Å². The molecule has 144 valence electrons. The fraction of sp³-hybridized carbons (Fsp3) is 0.950. The minimum absolute atomic E-state index is 0.194. The summed E-state index contributed by atoms with van der Waals surface area (Å²) < 4.78 is 6.10. The molecule has 3 unspecified atom stereocenters. The largest absolute Gasteiger partial charge is 0.377 e. The highest BCUT2D eigenvalue weighted by Crippen LogP contribution is 2.34. The first-order valence-electron chi connectivity index (χ1n) is 10.3. The van der Waals surface area contributed by atoms with Crippen molar-refractivity contribution in [1.29, 1.82) is 0 Å². The van der Waals surface area contributed by atoms with Crippen LogP contribution in [0.1, 0.15) is 52.9 Å². The van der Waals surface area contributed by atoms with Gasteiger partial charge in [0.05, 0.1) is 6.10 Å². The molecule has 3 aliphatic rings. The Labute approximate surface area is 154 Å². The molecule has 1 aliphatic carbocycles. The van der Waals surface area contributed by atoms with E-state index in [0.29, 0.717) is 12.0 Å². The third-order valence-electron chi connectivity index (χ3n) is 5.99. The molecule has 0 aromatic heterocycles. The third kappa shape index (κ3) is 5.33. The maximum atomic E-state index is 6.10. The number of hydrogen-bond donors (Lipinski definition) is 2. The van der Waals surface area contributed by atoms with E-state index < -0.39 is 0 Å². The Morgan fingerprint density at radius 1 is 1.12 bits per heavy atom. The molecule has 2 aliphatic heterocycles. The van der Waals surface area contributed by atoms with Gasteiger partial charge >= 0.3 is 0 Å². The van der Waals surface area contributed by atoms with Crippen LogP contribution in [-0.4, -0.2) is 62.8 Å². The van der Waals surface area contributed by atoms with E-state index in [4.69, 9.17) is 4.74 Å². The Bertz CT molecular complexity index is 455. The average molecular weight is 351 g/mol. The number of nitrogens with zero attached hydrogens (tertiary/aromatic N) is 2. The maximum absolute atomic E-state index is 6.10. The zero-order valence-electron chi connectivity index (χ0n) is 16.7. The molecule has 0 amide bonds. The van der Waals surface area contributed by atoms with Gasteiger partial charge in [0.2, 0.25) is 0 Å². The van der Waals surface area contributed by atoms with Crippen molar-refractivity contribution in [2.75, 3.05) is 39.8 Å². The molecule has 25 heavy (non-hydrogen) atoms. The summed E-state index contributed by atoms with van der Waals surface area (Å²) in [6.45, 7) is 12.3. The normalized spacial score (nSPS) is 32.0. The lowest BCUT2D eigenvalue weighted by Gasteiger charge is -2.40. The fourth-order valence-electron chi connectivity index (χ4n) is 4.50. The molecule has 3 atom stereocenters. The second kappa shape index (κ2) is 8.26. The first-order valence-corrected chi connectivity index (χ1v) is 10.3. The molecule has 2 heterocycles. The van der Waals surface area contributed by atoms with E-state index in [2.05, 4.69) is 41.3 Å². The van der Waals surface area contributed by atoms with Crippen molar-refractivity contribution < 1.29 is 4.74 Å². The number of rotatable bonds is 5. The van der Waals surface area contributed by atoms with Crippen LogP contribution >= 0.6 is 0 Å². The minimum Gasteiger partial charge on any atom is -0.377 e. The van der Waals surface area contributed by atoms with Crippen LogP contribution in [0.4, 0.5) is 0 Å². The van der Waals surface area contributed by atoms with Crippen LogP contribution in [0.3, 0.4) is 0 Å². The summed E-state index contributed by atoms with van der Waals surface area (Å²) in [6, 6.07) is 0.906. The van der Waals surface area contributed by atoms with Crippen molar-refractivity contribution in [1.82, 2.24) is 15.5 Å². The minimum atomic E-state index is 0.194. The Balaban J connectivity index is 1.41. The monoisotopic (exact) mass is 350 g/mol. The SMILES string of the molecule is CN=C(NCC1CCN(C2CC2)C1)NCC1CCCOC1C(C)(C)C. The van der Waals surface area contributed by atoms with Gasteiger partial charge in [-0.1, -0.05) is 20.8 Å². The van der Waals surface area contributed by atoms with E-state index in [1.165, 1.54) is 45.2 Å². The summed E-state index contributed by atoms with van der Waals surface area (Å²) in [5, 5.41) is 7.11. The first kappa shape index (κ1) is 19.0. The molecule has 0 spiro atoms. The van der Waals surface area contributed by atoms with E-state index in [-0.39, 0.29) is 5.41 Å². The number of nitrogens with one attached hydrogen (secondary N) is 2. The predicted molar refractivity (Wildman–Crippen MR) is 104 cm³/mol. The zero-order chi connectivity index (χ0) is 17.9. The lowest BCUT2D eigenvalue weighted by molar-refractivity contribution is -0.0835. The fourth-order valence-corrected chi connectivity index (χ4v) is 4.50. The highest BCUT2D eigenvalue weighted by molar-refractivity contribution is 5.79. The summed E-state index contributed by atoms with van der Waals surface area (Å²) in [7, 11) is 1.87. The Morgan fingerprint density at radius 2 is 1.88 bits per heavy atom. The van der Waals surface area contributed by atoms with Crippen molar-refractivity contribution in [3.63, 3.8) is 0 Å². The van der Waals surface area contributed by atoms with E-state index in [9.17, 15) is 0 Å². The van der Waals surface area contributed by atoms with E-state index in [1.807, 2.05) is 7.05 Å². The lowest BCUT2D eigenvalue weighted by atomic mass is 9.78. The molecule has 3 rings (SSSR count). The summed E-state index contributed by atoms with van der Waals surface area (Å²) in [4.78, 5) is 7.10. The van der Waals surface area contributed by atoms with E-state index >= 15 is 0 Å². The van der Waals surface area contributed by atoms with Crippen molar-refractivity contribution in [2.24, 2.45) is 22.2 Å². The van der Waals surface area contributed by atoms with Gasteiger partial charge in [-0.25, -0.2) is 0 Å². The Morgan fingerprint density at radius 3 is 2.56 bits per heavy atom. The number of ether oxygens (including phenoxy) is 1. The lowest BCUT2D eigenvalue weighted by Crippen LogP contribution is -2.48. The second-order valence-corrected chi connectivity index (χ2v) is 9.27. The van der Waals surface area contributed by atoms with E-state index in [1.54, 1.807) is 0 Å². The van der Waals surface area contributed by atoms with Gasteiger partial charge in [0.15, 0.2) is 5.96 Å².